The van der Waals surface area contributed by atoms with Crippen LogP contribution in [0.25, 0.3) is 0 Å². The number of halogens is 1. The van der Waals surface area contributed by atoms with Gasteiger partial charge in [-0.15, -0.1) is 10.2 Å². The van der Waals surface area contributed by atoms with E-state index in [1.54, 1.807) is 18.3 Å². The quantitative estimate of drug-likeness (QED) is 0.395. The molecule has 2 heterocycles. The Bertz CT molecular complexity index is 979. The molecule has 1 N–H and O–H groups in total. The fraction of sp³-hybridized carbons (Fsp3) is 0.333. The van der Waals surface area contributed by atoms with Crippen LogP contribution in [0, 0.1) is 0 Å². The van der Waals surface area contributed by atoms with Crippen molar-refractivity contribution in [3.63, 3.8) is 0 Å². The Kier molecular flexibility index (Phi) is 7.84. The first-order chi connectivity index (χ1) is 14.5. The number of anilines is 1. The highest BCUT2D eigenvalue weighted by atomic mass is 35.5. The number of carbonyl (C=O) groups is 1. The van der Waals surface area contributed by atoms with Crippen LogP contribution in [0.1, 0.15) is 30.8 Å². The maximum atomic E-state index is 12.4. The number of amides is 1. The van der Waals surface area contributed by atoms with Gasteiger partial charge in [-0.25, -0.2) is 4.98 Å². The van der Waals surface area contributed by atoms with Gasteiger partial charge in [-0.3, -0.25) is 9.69 Å². The normalized spacial score (nSPS) is 12.2. The lowest BCUT2D eigenvalue weighted by Crippen LogP contribution is -2.23. The summed E-state index contributed by atoms with van der Waals surface area (Å²) in [6.07, 6.45) is 2.49. The molecule has 1 amide bonds. The highest BCUT2D eigenvalue weighted by molar-refractivity contribution is 7.99. The van der Waals surface area contributed by atoms with Crippen LogP contribution in [0.2, 0.25) is 5.15 Å². The molecule has 0 aliphatic heterocycles. The summed E-state index contributed by atoms with van der Waals surface area (Å²) >= 11 is 7.38. The lowest BCUT2D eigenvalue weighted by atomic mass is 10.2. The van der Waals surface area contributed by atoms with E-state index >= 15 is 0 Å². The Morgan fingerprint density at radius 2 is 1.97 bits per heavy atom. The lowest BCUT2D eigenvalue weighted by molar-refractivity contribution is -0.113. The van der Waals surface area contributed by atoms with Crippen molar-refractivity contribution in [2.45, 2.75) is 31.1 Å². The lowest BCUT2D eigenvalue weighted by Gasteiger charge is -2.23. The molecule has 0 aliphatic rings. The van der Waals surface area contributed by atoms with Crippen LogP contribution in [-0.2, 0) is 11.3 Å². The van der Waals surface area contributed by atoms with Crippen LogP contribution in [0.5, 0.6) is 0 Å². The van der Waals surface area contributed by atoms with Crippen LogP contribution in [0.4, 0.5) is 5.69 Å². The summed E-state index contributed by atoms with van der Waals surface area (Å²) < 4.78 is 2.10. The molecule has 0 saturated carbocycles. The average molecular weight is 445 g/mol. The van der Waals surface area contributed by atoms with Crippen LogP contribution < -0.4 is 5.32 Å². The van der Waals surface area contributed by atoms with Gasteiger partial charge >= 0.3 is 0 Å². The van der Waals surface area contributed by atoms with Crippen molar-refractivity contribution in [3.8, 4) is 0 Å². The molecule has 1 aromatic carbocycles. The monoisotopic (exact) mass is 444 g/mol. The largest absolute Gasteiger partial charge is 0.323 e. The second-order valence-electron chi connectivity index (χ2n) is 6.98. The first-order valence-electron chi connectivity index (χ1n) is 9.66. The molecular formula is C21H25ClN6OS. The van der Waals surface area contributed by atoms with Gasteiger partial charge in [0.15, 0.2) is 16.1 Å². The Labute approximate surface area is 185 Å². The molecule has 0 aliphatic carbocycles. The topological polar surface area (TPSA) is 75.9 Å². The van der Waals surface area contributed by atoms with Crippen LogP contribution in [0.3, 0.4) is 0 Å². The molecule has 158 valence electrons. The Morgan fingerprint density at radius 3 is 2.63 bits per heavy atom. The van der Waals surface area contributed by atoms with E-state index in [1.807, 2.05) is 32.3 Å². The van der Waals surface area contributed by atoms with E-state index in [4.69, 9.17) is 11.6 Å². The smallest absolute Gasteiger partial charge is 0.234 e. The summed E-state index contributed by atoms with van der Waals surface area (Å²) in [5.41, 5.74) is 1.65. The summed E-state index contributed by atoms with van der Waals surface area (Å²) in [6.45, 7) is 2.77. The molecule has 0 bridgehead atoms. The summed E-state index contributed by atoms with van der Waals surface area (Å²) in [4.78, 5) is 18.5. The third-order valence-corrected chi connectivity index (χ3v) is 5.87. The number of hydrogen-bond donors (Lipinski definition) is 1. The molecule has 0 spiro atoms. The predicted molar refractivity (Wildman–Crippen MR) is 121 cm³/mol. The zero-order valence-corrected chi connectivity index (χ0v) is 18.8. The summed E-state index contributed by atoms with van der Waals surface area (Å²) in [7, 11) is 4.07. The third-order valence-electron chi connectivity index (χ3n) is 4.60. The van der Waals surface area contributed by atoms with Gasteiger partial charge < -0.3 is 9.88 Å². The van der Waals surface area contributed by atoms with E-state index in [1.165, 1.54) is 11.8 Å². The maximum Gasteiger partial charge on any atom is 0.234 e. The van der Waals surface area contributed by atoms with Gasteiger partial charge in [-0.1, -0.05) is 60.6 Å². The van der Waals surface area contributed by atoms with Crippen molar-refractivity contribution < 1.29 is 4.79 Å². The van der Waals surface area contributed by atoms with Gasteiger partial charge in [0.05, 0.1) is 24.0 Å². The number of hydrogen-bond acceptors (Lipinski definition) is 6. The molecule has 9 heteroatoms. The number of thioether (sulfide) groups is 1. The van der Waals surface area contributed by atoms with E-state index in [2.05, 4.69) is 49.0 Å². The molecule has 3 aromatic rings. The number of nitrogens with one attached hydrogen (secondary N) is 1. The Morgan fingerprint density at radius 1 is 1.20 bits per heavy atom. The van der Waals surface area contributed by atoms with Gasteiger partial charge in [0.25, 0.3) is 0 Å². The summed E-state index contributed by atoms with van der Waals surface area (Å²) in [5, 5.41) is 12.6. The molecular weight excluding hydrogens is 420 g/mol. The Hall–Kier alpha value is -2.42. The van der Waals surface area contributed by atoms with E-state index in [9.17, 15) is 4.79 Å². The molecule has 0 unspecified atom stereocenters. The van der Waals surface area contributed by atoms with Crippen LogP contribution in [0.15, 0.2) is 53.8 Å². The first-order valence-corrected chi connectivity index (χ1v) is 11.0. The predicted octanol–water partition coefficient (Wildman–Crippen LogP) is 4.12. The molecule has 0 fully saturated rings. The molecule has 30 heavy (non-hydrogen) atoms. The maximum absolute atomic E-state index is 12.4. The molecule has 2 aromatic heterocycles. The van der Waals surface area contributed by atoms with E-state index in [0.717, 1.165) is 17.8 Å². The van der Waals surface area contributed by atoms with Gasteiger partial charge in [-0.05, 0) is 38.2 Å². The van der Waals surface area contributed by atoms with Crippen molar-refractivity contribution in [2.75, 3.05) is 25.2 Å². The number of aromatic nitrogens is 4. The summed E-state index contributed by atoms with van der Waals surface area (Å²) in [5.74, 6) is 0.909. The second kappa shape index (κ2) is 10.6. The number of rotatable bonds is 9. The van der Waals surface area contributed by atoms with E-state index < -0.39 is 0 Å². The van der Waals surface area contributed by atoms with E-state index in [0.29, 0.717) is 17.4 Å². The highest BCUT2D eigenvalue weighted by Gasteiger charge is 2.22. The number of benzene rings is 1. The molecule has 1 atom stereocenters. The minimum atomic E-state index is -0.176. The van der Waals surface area contributed by atoms with Gasteiger partial charge in [0.2, 0.25) is 5.91 Å². The first kappa shape index (κ1) is 22.3. The van der Waals surface area contributed by atoms with Gasteiger partial charge in [0, 0.05) is 6.20 Å². The number of pyridine rings is 1. The fourth-order valence-corrected chi connectivity index (χ4v) is 4.05. The van der Waals surface area contributed by atoms with Crippen LogP contribution in [-0.4, -0.2) is 50.4 Å². The number of nitrogens with zero attached hydrogens (tertiary/aromatic N) is 5. The highest BCUT2D eigenvalue weighted by Crippen LogP contribution is 2.26. The molecule has 7 nitrogen and oxygen atoms in total. The number of carbonyl (C=O) groups excluding carboxylic acids is 1. The van der Waals surface area contributed by atoms with Crippen molar-refractivity contribution in [1.29, 1.82) is 0 Å². The van der Waals surface area contributed by atoms with Gasteiger partial charge in [-0.2, -0.15) is 0 Å². The third kappa shape index (κ3) is 5.59. The van der Waals surface area contributed by atoms with Crippen molar-refractivity contribution in [1.82, 2.24) is 24.6 Å². The van der Waals surface area contributed by atoms with Crippen molar-refractivity contribution >= 4 is 35.0 Å². The molecule has 3 rings (SSSR count). The van der Waals surface area contributed by atoms with Crippen LogP contribution >= 0.6 is 23.4 Å². The molecule has 0 radical (unpaired) electrons. The average Bonchev–Trinajstić information content (AvgIpc) is 3.11. The fourth-order valence-electron chi connectivity index (χ4n) is 3.14. The van der Waals surface area contributed by atoms with Gasteiger partial charge in [0.1, 0.15) is 0 Å². The minimum absolute atomic E-state index is 0.138. The minimum Gasteiger partial charge on any atom is -0.323 e. The van der Waals surface area contributed by atoms with Crippen molar-refractivity contribution in [2.24, 2.45) is 0 Å². The Balaban J connectivity index is 1.78. The zero-order valence-electron chi connectivity index (χ0n) is 17.2. The van der Waals surface area contributed by atoms with Crippen molar-refractivity contribution in [3.05, 3.63) is 65.2 Å². The van der Waals surface area contributed by atoms with E-state index in [-0.39, 0.29) is 22.9 Å². The SMILES string of the molecule is CC[C@H](c1nnc(SCC(=O)Nc2cccnc2Cl)n1Cc1ccccc1)N(C)C. The standard InChI is InChI=1S/C21H25ClN6OS/c1-4-17(27(2)3)20-25-26-21(28(20)13-15-9-6-5-7-10-15)30-14-18(29)24-16-11-8-12-23-19(16)22/h5-12,17H,4,13-14H2,1-3H3,(H,24,29)/t17-/m1/s1. The zero-order chi connectivity index (χ0) is 21.5. The second-order valence-corrected chi connectivity index (χ2v) is 8.28. The molecule has 0 saturated heterocycles. The summed E-state index contributed by atoms with van der Waals surface area (Å²) in [6, 6.07) is 13.8.